The number of anilines is 1. The topological polar surface area (TPSA) is 375 Å². The Bertz CT molecular complexity index is 1750. The van der Waals surface area contributed by atoms with Crippen LogP contribution in [0.2, 0.25) is 0 Å². The molecule has 1 aliphatic rings. The van der Waals surface area contributed by atoms with E-state index in [0.29, 0.717) is 18.6 Å². The number of rotatable bonds is 21. The summed E-state index contributed by atoms with van der Waals surface area (Å²) in [6, 6.07) is 0. The van der Waals surface area contributed by atoms with E-state index in [0.717, 1.165) is 29.0 Å². The van der Waals surface area contributed by atoms with Gasteiger partial charge >= 0.3 is 0 Å². The van der Waals surface area contributed by atoms with Crippen LogP contribution in [0.15, 0.2) is 12.7 Å². The smallest absolute Gasteiger partial charge is 0.274 e. The van der Waals surface area contributed by atoms with Crippen molar-refractivity contribution >= 4 is 69.1 Å². The van der Waals surface area contributed by atoms with Crippen molar-refractivity contribution in [2.45, 2.75) is 70.7 Å². The first kappa shape index (κ1) is 45.0. The molecule has 2 unspecified atom stereocenters. The second-order valence-electron chi connectivity index (χ2n) is 12.0. The maximum atomic E-state index is 12.5. The lowest BCUT2D eigenvalue weighted by molar-refractivity contribution is -0.347. The predicted molar refractivity (Wildman–Crippen MR) is 173 cm³/mol. The Morgan fingerprint density at radius 1 is 1.08 bits per heavy atom. The fourth-order valence-electron chi connectivity index (χ4n) is 4.55. The average Bonchev–Trinajstić information content (AvgIpc) is 3.61. The number of phosphoric acid groups is 3. The normalized spacial score (nSPS) is 22.2. The van der Waals surface area contributed by atoms with Gasteiger partial charge in [-0.05, 0) is 6.42 Å². The van der Waals surface area contributed by atoms with Gasteiger partial charge in [-0.2, -0.15) is 0 Å². The van der Waals surface area contributed by atoms with Crippen molar-refractivity contribution < 1.29 is 80.5 Å². The van der Waals surface area contributed by atoms with E-state index in [9.17, 15) is 57.9 Å². The van der Waals surface area contributed by atoms with E-state index in [1.54, 1.807) is 0 Å². The Morgan fingerprint density at radius 3 is 2.42 bits per heavy atom. The number of imidazole rings is 1. The minimum atomic E-state index is -5.90. The molecule has 0 spiro atoms. The van der Waals surface area contributed by atoms with Crippen LogP contribution in [-0.2, 0) is 50.7 Å². The van der Waals surface area contributed by atoms with Crippen LogP contribution in [0.1, 0.15) is 46.3 Å². The first-order valence-electron chi connectivity index (χ1n) is 15.5. The second-order valence-corrected chi connectivity index (χ2v) is 17.2. The fourth-order valence-corrected chi connectivity index (χ4v) is 8.06. The van der Waals surface area contributed by atoms with Gasteiger partial charge in [-0.1, -0.05) is 32.5 Å². The molecule has 0 aromatic carbocycles. The Balaban J connectivity index is 1.52. The highest BCUT2D eigenvalue weighted by atomic mass is 32.2. The van der Waals surface area contributed by atoms with E-state index in [1.165, 1.54) is 13.8 Å². The number of aliphatic hydroxyl groups is 2. The molecule has 0 aliphatic carbocycles. The molecule has 28 heteroatoms. The van der Waals surface area contributed by atoms with Gasteiger partial charge in [-0.15, -0.1) is 0 Å². The molecule has 1 aliphatic heterocycles. The van der Waals surface area contributed by atoms with Crippen molar-refractivity contribution in [2.24, 2.45) is 5.41 Å². The van der Waals surface area contributed by atoms with Gasteiger partial charge in [0.1, 0.15) is 36.3 Å². The van der Waals surface area contributed by atoms with E-state index >= 15 is 0 Å². The molecule has 2 aromatic heterocycles. The highest BCUT2D eigenvalue weighted by Crippen LogP contribution is 2.56. The Kier molecular flexibility index (Phi) is 16.1. The zero-order valence-corrected chi connectivity index (χ0v) is 31.8. The molecule has 53 heavy (non-hydrogen) atoms. The van der Waals surface area contributed by atoms with Crippen molar-refractivity contribution in [3.63, 3.8) is 0 Å². The third-order valence-electron chi connectivity index (χ3n) is 7.19. The zero-order valence-electron chi connectivity index (χ0n) is 28.3. The number of ether oxygens (including phenoxy) is 1. The number of nitrogens with zero attached hydrogens (tertiary/aromatic N) is 4. The molecular weight excluding hydrogens is 795 g/mol. The summed E-state index contributed by atoms with van der Waals surface area (Å²) in [5.41, 5.74) is 4.07. The minimum Gasteiger partial charge on any atom is -0.790 e. The Morgan fingerprint density at radius 2 is 1.75 bits per heavy atom. The number of phosphoric ester groups is 3. The summed E-state index contributed by atoms with van der Waals surface area (Å²) >= 11 is 1.08. The maximum Gasteiger partial charge on any atom is 0.274 e. The van der Waals surface area contributed by atoms with Crippen LogP contribution in [0.3, 0.4) is 0 Å². The predicted octanol–water partition coefficient (Wildman–Crippen LogP) is -3.06. The Labute approximate surface area is 306 Å². The van der Waals surface area contributed by atoms with Gasteiger partial charge in [0.05, 0.1) is 27.4 Å². The van der Waals surface area contributed by atoms with Crippen LogP contribution in [0.5, 0.6) is 0 Å². The summed E-state index contributed by atoms with van der Waals surface area (Å²) in [6.45, 7) is 2.01. The summed E-state index contributed by atoms with van der Waals surface area (Å²) in [5, 5.41) is 26.1. The highest BCUT2D eigenvalue weighted by molar-refractivity contribution is 8.13. The van der Waals surface area contributed by atoms with Crippen LogP contribution in [0.4, 0.5) is 5.82 Å². The largest absolute Gasteiger partial charge is 0.790 e. The van der Waals surface area contributed by atoms with Gasteiger partial charge in [-0.3, -0.25) is 28.1 Å². The highest BCUT2D eigenvalue weighted by Gasteiger charge is 2.47. The number of hydrogen-bond donors (Lipinski definition) is 5. The number of hydrogen-bond acceptors (Lipinski definition) is 22. The molecule has 7 atom stereocenters. The van der Waals surface area contributed by atoms with Gasteiger partial charge in [0.25, 0.3) is 15.6 Å². The van der Waals surface area contributed by atoms with E-state index in [-0.39, 0.29) is 41.6 Å². The summed E-state index contributed by atoms with van der Waals surface area (Å²) in [4.78, 5) is 95.2. The first-order valence-corrected chi connectivity index (χ1v) is 20.9. The second kappa shape index (κ2) is 18.9. The van der Waals surface area contributed by atoms with Crippen molar-refractivity contribution in [3.8, 4) is 0 Å². The average molecular weight is 834 g/mol. The molecule has 3 rings (SSSR count). The lowest BCUT2D eigenvalue weighted by atomic mass is 9.87. The van der Waals surface area contributed by atoms with Gasteiger partial charge < -0.3 is 69.0 Å². The number of nitrogens with one attached hydrogen (secondary N) is 2. The molecule has 1 fully saturated rings. The summed E-state index contributed by atoms with van der Waals surface area (Å²) < 4.78 is 60.3. The van der Waals surface area contributed by atoms with E-state index in [1.807, 2.05) is 6.92 Å². The monoisotopic (exact) mass is 833 g/mol. The first-order chi connectivity index (χ1) is 24.6. The summed E-state index contributed by atoms with van der Waals surface area (Å²) in [6.07, 6.45) is -6.42. The van der Waals surface area contributed by atoms with E-state index in [2.05, 4.69) is 43.5 Å². The van der Waals surface area contributed by atoms with Crippen molar-refractivity contribution in [3.05, 3.63) is 12.7 Å². The molecule has 24 nitrogen and oxygen atoms in total. The van der Waals surface area contributed by atoms with Crippen LogP contribution in [-0.4, -0.2) is 103 Å². The molecule has 0 saturated carbocycles. The fraction of sp³-hybridized carbons (Fsp3) is 0.680. The maximum absolute atomic E-state index is 12.5. The van der Waals surface area contributed by atoms with E-state index < -0.39 is 84.6 Å². The third-order valence-corrected chi connectivity index (χ3v) is 11.1. The molecule has 2 amide bonds. The zero-order chi connectivity index (χ0) is 39.8. The number of carbonyl (C=O) groups is 3. The quantitative estimate of drug-likeness (QED) is 0.0615. The van der Waals surface area contributed by atoms with Crippen molar-refractivity contribution in [2.75, 3.05) is 37.8 Å². The molecular formula is C25H38N7O17P3S-4. The molecule has 2 aromatic rings. The number of aromatic nitrogens is 4. The minimum absolute atomic E-state index is 0.00220. The van der Waals surface area contributed by atoms with Crippen LogP contribution < -0.4 is 35.9 Å². The van der Waals surface area contributed by atoms with Gasteiger partial charge in [0.2, 0.25) is 11.8 Å². The SMILES string of the molecule is CCCC(=O)SCCNC(=O)CCNC(=O)[C@H](O)C(C)(C)COP(=O)([O-])OP(=O)([O-])OC[C@H]1O[C@@H](n2cnc3c(N)ncnc32)[C@H](O)[C@@H]1OP(=O)([O-])[O-]. The number of amides is 2. The summed E-state index contributed by atoms with van der Waals surface area (Å²) in [7, 11) is -17.6. The number of nitrogen functional groups attached to an aromatic ring is 1. The standard InChI is InChI=1S/C25H42N7O17P3S/c1-4-5-16(34)53-9-8-27-15(33)6-7-28-23(37)20(36)25(2,3)11-46-52(43,44)49-51(41,42)45-10-14-19(48-50(38,39)40)18(35)24(47-14)32-13-31-17-21(26)29-12-30-22(17)32/h12-14,18-20,24,35-36H,4-11H2,1-3H3,(H,27,33)(H,28,37)(H,41,42)(H,43,44)(H2,26,29,30)(H2,38,39,40)/p-4/t14-,18-,19-,20+,24-/m1/s1. The van der Waals surface area contributed by atoms with Crippen LogP contribution in [0.25, 0.3) is 11.2 Å². The van der Waals surface area contributed by atoms with Gasteiger partial charge in [0, 0.05) is 37.1 Å². The molecule has 3 heterocycles. The molecule has 300 valence electrons. The third kappa shape index (κ3) is 13.7. The molecule has 0 radical (unpaired) electrons. The number of carbonyl (C=O) groups excluding carboxylic acids is 3. The van der Waals surface area contributed by atoms with Crippen LogP contribution >= 0.6 is 35.2 Å². The van der Waals surface area contributed by atoms with Gasteiger partial charge in [-0.25, -0.2) is 19.3 Å². The molecule has 6 N–H and O–H groups in total. The molecule has 1 saturated heterocycles. The van der Waals surface area contributed by atoms with Gasteiger partial charge in [0.15, 0.2) is 22.8 Å². The summed E-state index contributed by atoms with van der Waals surface area (Å²) in [5.74, 6) is -1.16. The van der Waals surface area contributed by atoms with E-state index in [4.69, 9.17) is 10.5 Å². The number of aliphatic hydroxyl groups excluding tert-OH is 2. The lowest BCUT2D eigenvalue weighted by Crippen LogP contribution is -2.46. The van der Waals surface area contributed by atoms with Crippen LogP contribution in [0, 0.1) is 5.41 Å². The van der Waals surface area contributed by atoms with Crippen molar-refractivity contribution in [1.82, 2.24) is 30.2 Å². The Hall–Kier alpha value is -2.44. The lowest BCUT2D eigenvalue weighted by Gasteiger charge is -2.36. The van der Waals surface area contributed by atoms with Crippen molar-refractivity contribution in [1.29, 1.82) is 0 Å². The number of fused-ring (bicyclic) bond motifs is 1. The molecule has 0 bridgehead atoms. The number of nitrogens with two attached hydrogens (primary N) is 1. The number of thioether (sulfide) groups is 1.